The van der Waals surface area contributed by atoms with E-state index in [-0.39, 0.29) is 0 Å². The zero-order valence-electron chi connectivity index (χ0n) is 13.6. The molecule has 0 amide bonds. The van der Waals surface area contributed by atoms with Gasteiger partial charge in [0, 0.05) is 19.3 Å². The van der Waals surface area contributed by atoms with E-state index in [0.717, 1.165) is 34.5 Å². The Morgan fingerprint density at radius 3 is 2.20 bits per heavy atom. The molecule has 0 atom stereocenters. The van der Waals surface area contributed by atoms with Crippen LogP contribution in [-0.2, 0) is 13.1 Å². The first-order chi connectivity index (χ1) is 12.2. The molecule has 0 unspecified atom stereocenters. The van der Waals surface area contributed by atoms with Gasteiger partial charge in [-0.2, -0.15) is 0 Å². The maximum Gasteiger partial charge on any atom is 0.223 e. The lowest BCUT2D eigenvalue weighted by Gasteiger charge is -2.08. The van der Waals surface area contributed by atoms with Gasteiger partial charge in [0.1, 0.15) is 5.82 Å². The number of halogens is 1. The molecule has 0 aliphatic heterocycles. The number of nitrogens with one attached hydrogen (secondary N) is 2. The number of thioether (sulfide) groups is 1. The summed E-state index contributed by atoms with van der Waals surface area (Å²) < 4.78 is 12.8. The molecule has 2 heterocycles. The quantitative estimate of drug-likeness (QED) is 0.497. The molecule has 3 aromatic rings. The van der Waals surface area contributed by atoms with Gasteiger partial charge in [-0.25, -0.2) is 24.3 Å². The van der Waals surface area contributed by atoms with E-state index in [0.29, 0.717) is 19.0 Å². The zero-order valence-corrected chi connectivity index (χ0v) is 14.4. The molecule has 3 rings (SSSR count). The third kappa shape index (κ3) is 5.12. The first-order valence-corrected chi connectivity index (χ1v) is 8.85. The molecule has 6 nitrogen and oxygen atoms in total. The first kappa shape index (κ1) is 17.1. The fourth-order valence-electron chi connectivity index (χ4n) is 2.09. The van der Waals surface area contributed by atoms with Crippen molar-refractivity contribution in [3.63, 3.8) is 0 Å². The highest BCUT2D eigenvalue weighted by Gasteiger charge is 2.00. The van der Waals surface area contributed by atoms with Crippen LogP contribution in [0.25, 0.3) is 0 Å². The highest BCUT2D eigenvalue weighted by molar-refractivity contribution is 7.98. The fraction of sp³-hybridized carbons (Fsp3) is 0.176. The predicted molar refractivity (Wildman–Crippen MR) is 96.9 cm³/mol. The van der Waals surface area contributed by atoms with Gasteiger partial charge in [-0.3, -0.25) is 0 Å². The van der Waals surface area contributed by atoms with Crippen LogP contribution in [0.3, 0.4) is 0 Å². The highest BCUT2D eigenvalue weighted by atomic mass is 32.2. The second-order valence-electron chi connectivity index (χ2n) is 5.18. The summed E-state index contributed by atoms with van der Waals surface area (Å²) in [6, 6.07) is 10.0. The van der Waals surface area contributed by atoms with Crippen molar-refractivity contribution in [1.82, 2.24) is 19.9 Å². The summed E-state index contributed by atoms with van der Waals surface area (Å²) in [5.41, 5.74) is 2.23. The molecule has 0 saturated heterocycles. The van der Waals surface area contributed by atoms with Crippen molar-refractivity contribution in [3.8, 4) is 0 Å². The summed E-state index contributed by atoms with van der Waals surface area (Å²) in [4.78, 5) is 16.3. The monoisotopic (exact) mass is 356 g/mol. The van der Waals surface area contributed by atoms with Crippen LogP contribution in [-0.4, -0.2) is 26.2 Å². The van der Waals surface area contributed by atoms with Gasteiger partial charge in [0.15, 0.2) is 11.0 Å². The SMILES string of the molecule is CSc1nccc(NCc2ccc(CNc3ncc(F)cn3)cc2)n1. The van der Waals surface area contributed by atoms with E-state index >= 15 is 0 Å². The Labute approximate surface area is 149 Å². The average Bonchev–Trinajstić information content (AvgIpc) is 2.67. The standard InChI is InChI=1S/C17H17FN6S/c1-25-17-19-7-6-15(24-17)20-8-12-2-4-13(5-3-12)9-21-16-22-10-14(18)11-23-16/h2-7,10-11H,8-9H2,1H3,(H,19,20,24)(H,21,22,23). The third-order valence-electron chi connectivity index (χ3n) is 3.38. The molecule has 0 aliphatic rings. The number of hydrogen-bond acceptors (Lipinski definition) is 7. The van der Waals surface area contributed by atoms with Crippen LogP contribution in [0.4, 0.5) is 16.2 Å². The molecular formula is C17H17FN6S. The van der Waals surface area contributed by atoms with Crippen molar-refractivity contribution in [3.05, 3.63) is 65.9 Å². The maximum atomic E-state index is 12.8. The van der Waals surface area contributed by atoms with E-state index in [2.05, 4.69) is 30.6 Å². The topological polar surface area (TPSA) is 75.6 Å². The number of aromatic nitrogens is 4. The number of rotatable bonds is 7. The minimum Gasteiger partial charge on any atom is -0.366 e. The molecule has 128 valence electrons. The molecule has 1 aromatic carbocycles. The summed E-state index contributed by atoms with van der Waals surface area (Å²) in [5, 5.41) is 7.08. The van der Waals surface area contributed by atoms with E-state index in [1.54, 1.807) is 6.20 Å². The molecule has 0 fully saturated rings. The minimum absolute atomic E-state index is 0.403. The first-order valence-electron chi connectivity index (χ1n) is 7.63. The number of benzene rings is 1. The van der Waals surface area contributed by atoms with Gasteiger partial charge in [-0.15, -0.1) is 0 Å². The van der Waals surface area contributed by atoms with Crippen LogP contribution in [0.15, 0.2) is 54.1 Å². The summed E-state index contributed by atoms with van der Waals surface area (Å²) in [5.74, 6) is 0.759. The second-order valence-corrected chi connectivity index (χ2v) is 5.95. The van der Waals surface area contributed by atoms with Crippen molar-refractivity contribution in [1.29, 1.82) is 0 Å². The van der Waals surface area contributed by atoms with E-state index in [4.69, 9.17) is 0 Å². The van der Waals surface area contributed by atoms with Crippen molar-refractivity contribution in [2.45, 2.75) is 18.2 Å². The van der Waals surface area contributed by atoms with Crippen LogP contribution in [0.5, 0.6) is 0 Å². The Morgan fingerprint density at radius 2 is 1.56 bits per heavy atom. The molecule has 8 heteroatoms. The van der Waals surface area contributed by atoms with Crippen LogP contribution in [0.2, 0.25) is 0 Å². The van der Waals surface area contributed by atoms with Crippen LogP contribution in [0, 0.1) is 5.82 Å². The lowest BCUT2D eigenvalue weighted by Crippen LogP contribution is -2.05. The van der Waals surface area contributed by atoms with Gasteiger partial charge in [0.25, 0.3) is 0 Å². The summed E-state index contributed by atoms with van der Waals surface area (Å²) in [6.07, 6.45) is 5.97. The average molecular weight is 356 g/mol. The number of anilines is 2. The van der Waals surface area contributed by atoms with Crippen molar-refractivity contribution in [2.75, 3.05) is 16.9 Å². The van der Waals surface area contributed by atoms with Crippen molar-refractivity contribution < 1.29 is 4.39 Å². The lowest BCUT2D eigenvalue weighted by molar-refractivity contribution is 0.614. The molecule has 0 aliphatic carbocycles. The van der Waals surface area contributed by atoms with Crippen LogP contribution in [0.1, 0.15) is 11.1 Å². The van der Waals surface area contributed by atoms with Gasteiger partial charge in [0.05, 0.1) is 12.4 Å². The normalized spacial score (nSPS) is 10.5. The molecule has 25 heavy (non-hydrogen) atoms. The van der Waals surface area contributed by atoms with Crippen molar-refractivity contribution in [2.24, 2.45) is 0 Å². The van der Waals surface area contributed by atoms with E-state index in [1.807, 2.05) is 36.6 Å². The zero-order chi connectivity index (χ0) is 17.5. The smallest absolute Gasteiger partial charge is 0.223 e. The molecule has 0 spiro atoms. The van der Waals surface area contributed by atoms with Crippen LogP contribution >= 0.6 is 11.8 Å². The predicted octanol–water partition coefficient (Wildman–Crippen LogP) is 3.35. The van der Waals surface area contributed by atoms with E-state index in [9.17, 15) is 4.39 Å². The highest BCUT2D eigenvalue weighted by Crippen LogP contribution is 2.12. The number of hydrogen-bond donors (Lipinski definition) is 2. The summed E-state index contributed by atoms with van der Waals surface area (Å²) >= 11 is 1.51. The van der Waals surface area contributed by atoms with Gasteiger partial charge in [-0.1, -0.05) is 36.0 Å². The maximum absolute atomic E-state index is 12.8. The largest absolute Gasteiger partial charge is 0.366 e. The molecule has 0 bridgehead atoms. The van der Waals surface area contributed by atoms with Gasteiger partial charge < -0.3 is 10.6 Å². The molecular weight excluding hydrogens is 339 g/mol. The lowest BCUT2D eigenvalue weighted by atomic mass is 10.1. The molecule has 2 aromatic heterocycles. The Kier molecular flexibility index (Phi) is 5.73. The fourth-order valence-corrected chi connectivity index (χ4v) is 2.45. The van der Waals surface area contributed by atoms with Gasteiger partial charge in [-0.05, 0) is 23.4 Å². The number of nitrogens with zero attached hydrogens (tertiary/aromatic N) is 4. The Morgan fingerprint density at radius 1 is 0.920 bits per heavy atom. The Hall–Kier alpha value is -2.74. The van der Waals surface area contributed by atoms with Crippen LogP contribution < -0.4 is 10.6 Å². The second kappa shape index (κ2) is 8.39. The summed E-state index contributed by atoms with van der Waals surface area (Å²) in [6.45, 7) is 1.25. The van der Waals surface area contributed by atoms with Crippen molar-refractivity contribution >= 4 is 23.5 Å². The molecule has 0 saturated carbocycles. The minimum atomic E-state index is -0.448. The Bertz CT molecular complexity index is 810. The third-order valence-corrected chi connectivity index (χ3v) is 3.95. The Balaban J connectivity index is 1.52. The summed E-state index contributed by atoms with van der Waals surface area (Å²) in [7, 11) is 0. The molecule has 0 radical (unpaired) electrons. The van der Waals surface area contributed by atoms with E-state index in [1.165, 1.54) is 11.8 Å². The van der Waals surface area contributed by atoms with E-state index < -0.39 is 5.82 Å². The van der Waals surface area contributed by atoms with Gasteiger partial charge in [0.2, 0.25) is 5.95 Å². The molecule has 2 N–H and O–H groups in total. The van der Waals surface area contributed by atoms with Gasteiger partial charge >= 0.3 is 0 Å².